The first-order valence-corrected chi connectivity index (χ1v) is 8.85. The predicted octanol–water partition coefficient (Wildman–Crippen LogP) is 4.92. The van der Waals surface area contributed by atoms with Gasteiger partial charge in [-0.2, -0.15) is 0 Å². The fraction of sp³-hybridized carbons (Fsp3) is 0.611. The van der Waals surface area contributed by atoms with Crippen molar-refractivity contribution in [1.29, 1.82) is 0 Å². The summed E-state index contributed by atoms with van der Waals surface area (Å²) in [6, 6.07) is 4.90. The molecule has 6 heteroatoms. The van der Waals surface area contributed by atoms with E-state index < -0.39 is 5.92 Å². The van der Waals surface area contributed by atoms with Gasteiger partial charge in [0.25, 0.3) is 5.91 Å². The molecule has 0 aromatic heterocycles. The van der Waals surface area contributed by atoms with E-state index in [0.29, 0.717) is 29.2 Å². The Morgan fingerprint density at radius 2 is 1.92 bits per heavy atom. The normalized spacial score (nSPS) is 21.2. The molecule has 0 saturated heterocycles. The van der Waals surface area contributed by atoms with Gasteiger partial charge in [-0.1, -0.05) is 11.6 Å². The Kier molecular flexibility index (Phi) is 5.00. The number of halogens is 3. The van der Waals surface area contributed by atoms with Crippen LogP contribution in [-0.2, 0) is 0 Å². The Balaban J connectivity index is 1.65. The van der Waals surface area contributed by atoms with E-state index in [1.165, 1.54) is 6.42 Å². The molecule has 3 rings (SSSR count). The van der Waals surface area contributed by atoms with Crippen LogP contribution in [-0.4, -0.2) is 35.9 Å². The van der Waals surface area contributed by atoms with Crippen molar-refractivity contribution >= 4 is 17.5 Å². The summed E-state index contributed by atoms with van der Waals surface area (Å²) in [5, 5.41) is 0.338. The Morgan fingerprint density at radius 1 is 1.25 bits per heavy atom. The van der Waals surface area contributed by atoms with E-state index in [9.17, 15) is 13.6 Å². The molecule has 2 aliphatic rings. The molecule has 1 aromatic rings. The topological polar surface area (TPSA) is 29.5 Å². The molecule has 0 radical (unpaired) electrons. The molecule has 3 nitrogen and oxygen atoms in total. The summed E-state index contributed by atoms with van der Waals surface area (Å²) < 4.78 is 32.3. The third kappa shape index (κ3) is 3.82. The van der Waals surface area contributed by atoms with E-state index in [4.69, 9.17) is 16.3 Å². The van der Waals surface area contributed by atoms with E-state index in [0.717, 1.165) is 12.8 Å². The zero-order valence-corrected chi connectivity index (χ0v) is 14.5. The number of hydrogen-bond acceptors (Lipinski definition) is 2. The Bertz CT molecular complexity index is 609. The van der Waals surface area contributed by atoms with Gasteiger partial charge < -0.3 is 9.64 Å². The van der Waals surface area contributed by atoms with E-state index in [2.05, 4.69) is 0 Å². The molecule has 0 spiro atoms. The maximum atomic E-state index is 13.3. The molecule has 0 N–H and O–H groups in total. The van der Waals surface area contributed by atoms with Crippen molar-refractivity contribution in [3.63, 3.8) is 0 Å². The highest BCUT2D eigenvalue weighted by molar-refractivity contribution is 6.34. The first-order valence-electron chi connectivity index (χ1n) is 8.47. The van der Waals surface area contributed by atoms with Gasteiger partial charge in [-0.25, -0.2) is 8.78 Å². The van der Waals surface area contributed by atoms with Gasteiger partial charge in [0.1, 0.15) is 5.75 Å². The molecule has 0 atom stereocenters. The molecule has 2 saturated carbocycles. The molecule has 0 unspecified atom stereocenters. The number of ether oxygens (including phenoxy) is 1. The Morgan fingerprint density at radius 3 is 2.46 bits per heavy atom. The van der Waals surface area contributed by atoms with Crippen LogP contribution in [0, 0.1) is 0 Å². The molecular weight excluding hydrogens is 336 g/mol. The van der Waals surface area contributed by atoms with Crippen molar-refractivity contribution < 1.29 is 18.3 Å². The first kappa shape index (κ1) is 17.5. The maximum Gasteiger partial charge on any atom is 0.255 e. The van der Waals surface area contributed by atoms with Crippen molar-refractivity contribution in [1.82, 2.24) is 4.90 Å². The molecule has 2 aliphatic carbocycles. The molecule has 0 aliphatic heterocycles. The number of rotatable bonds is 4. The van der Waals surface area contributed by atoms with Crippen LogP contribution in [0.2, 0.25) is 5.02 Å². The highest BCUT2D eigenvalue weighted by Crippen LogP contribution is 2.35. The fourth-order valence-electron chi connectivity index (χ4n) is 3.19. The summed E-state index contributed by atoms with van der Waals surface area (Å²) in [6.07, 6.45) is 3.81. The summed E-state index contributed by atoms with van der Waals surface area (Å²) in [5.41, 5.74) is 0.387. The van der Waals surface area contributed by atoms with Crippen molar-refractivity contribution in [3.05, 3.63) is 28.8 Å². The number of carbonyl (C=O) groups is 1. The first-order chi connectivity index (χ1) is 11.4. The summed E-state index contributed by atoms with van der Waals surface area (Å²) in [4.78, 5) is 14.2. The second-order valence-electron chi connectivity index (χ2n) is 6.82. The second kappa shape index (κ2) is 6.87. The molecule has 132 valence electrons. The summed E-state index contributed by atoms with van der Waals surface area (Å²) in [6.45, 7) is 0. The lowest BCUT2D eigenvalue weighted by Crippen LogP contribution is -2.41. The van der Waals surface area contributed by atoms with Crippen LogP contribution in [0.1, 0.15) is 55.3 Å². The Labute approximate surface area is 145 Å². The van der Waals surface area contributed by atoms with Gasteiger partial charge in [0.05, 0.1) is 16.7 Å². The van der Waals surface area contributed by atoms with E-state index in [-0.39, 0.29) is 30.9 Å². The third-order valence-electron chi connectivity index (χ3n) is 5.08. The van der Waals surface area contributed by atoms with Crippen LogP contribution in [0.5, 0.6) is 5.75 Å². The quantitative estimate of drug-likeness (QED) is 0.765. The second-order valence-corrected chi connectivity index (χ2v) is 7.22. The number of amides is 1. The van der Waals surface area contributed by atoms with Crippen molar-refractivity contribution in [3.8, 4) is 5.75 Å². The minimum atomic E-state index is -2.60. The average Bonchev–Trinajstić information content (AvgIpc) is 2.50. The smallest absolute Gasteiger partial charge is 0.255 e. The minimum Gasteiger partial charge on any atom is -0.490 e. The third-order valence-corrected chi connectivity index (χ3v) is 5.39. The number of alkyl halides is 2. The summed E-state index contributed by atoms with van der Waals surface area (Å²) in [5.74, 6) is -2.16. The van der Waals surface area contributed by atoms with Crippen molar-refractivity contribution in [2.75, 3.05) is 7.05 Å². The predicted molar refractivity (Wildman–Crippen MR) is 89.0 cm³/mol. The largest absolute Gasteiger partial charge is 0.490 e. The lowest BCUT2D eigenvalue weighted by Gasteiger charge is -2.34. The molecule has 0 heterocycles. The molecular formula is C18H22ClF2NO2. The minimum absolute atomic E-state index is 0.168. The SMILES string of the molecule is CN(C(=O)c1ccc(OC2CCC2)cc1Cl)C1CCC(F)(F)CC1. The van der Waals surface area contributed by atoms with Crippen LogP contribution >= 0.6 is 11.6 Å². The van der Waals surface area contributed by atoms with Gasteiger partial charge >= 0.3 is 0 Å². The van der Waals surface area contributed by atoms with E-state index in [1.54, 1.807) is 30.1 Å². The number of carbonyl (C=O) groups excluding carboxylic acids is 1. The zero-order valence-electron chi connectivity index (χ0n) is 13.7. The maximum absolute atomic E-state index is 13.3. The van der Waals surface area contributed by atoms with Gasteiger partial charge in [-0.05, 0) is 50.3 Å². The molecule has 1 aromatic carbocycles. The zero-order chi connectivity index (χ0) is 17.3. The van der Waals surface area contributed by atoms with E-state index in [1.807, 2.05) is 0 Å². The fourth-order valence-corrected chi connectivity index (χ4v) is 3.44. The Hall–Kier alpha value is -1.36. The van der Waals surface area contributed by atoms with Gasteiger partial charge in [-0.3, -0.25) is 4.79 Å². The van der Waals surface area contributed by atoms with Crippen LogP contribution in [0.25, 0.3) is 0 Å². The highest BCUT2D eigenvalue weighted by Gasteiger charge is 2.37. The van der Waals surface area contributed by atoms with Crippen molar-refractivity contribution in [2.45, 2.75) is 63.0 Å². The van der Waals surface area contributed by atoms with Crippen molar-refractivity contribution in [2.24, 2.45) is 0 Å². The lowest BCUT2D eigenvalue weighted by atomic mass is 9.91. The van der Waals surface area contributed by atoms with Gasteiger partial charge in [0.2, 0.25) is 5.92 Å². The average molecular weight is 358 g/mol. The molecule has 1 amide bonds. The molecule has 0 bridgehead atoms. The van der Waals surface area contributed by atoms with Crippen LogP contribution in [0.3, 0.4) is 0 Å². The standard InChI is InChI=1S/C18H22ClF2NO2/c1-22(12-7-9-18(20,21)10-8-12)17(23)15-6-5-14(11-16(15)19)24-13-3-2-4-13/h5-6,11-13H,2-4,7-10H2,1H3. The van der Waals surface area contributed by atoms with E-state index >= 15 is 0 Å². The summed E-state index contributed by atoms with van der Waals surface area (Å²) in [7, 11) is 1.66. The lowest BCUT2D eigenvalue weighted by molar-refractivity contribution is -0.0490. The van der Waals surface area contributed by atoms with Gasteiger partial charge in [-0.15, -0.1) is 0 Å². The molecule has 2 fully saturated rings. The van der Waals surface area contributed by atoms with Crippen LogP contribution in [0.15, 0.2) is 18.2 Å². The number of nitrogens with zero attached hydrogens (tertiary/aromatic N) is 1. The van der Waals surface area contributed by atoms with Crippen LogP contribution in [0.4, 0.5) is 8.78 Å². The number of benzene rings is 1. The number of hydrogen-bond donors (Lipinski definition) is 0. The van der Waals surface area contributed by atoms with Gasteiger partial charge in [0.15, 0.2) is 0 Å². The highest BCUT2D eigenvalue weighted by atomic mass is 35.5. The molecule has 24 heavy (non-hydrogen) atoms. The van der Waals surface area contributed by atoms with Gasteiger partial charge in [0, 0.05) is 25.9 Å². The van der Waals surface area contributed by atoms with Crippen LogP contribution < -0.4 is 4.74 Å². The summed E-state index contributed by atoms with van der Waals surface area (Å²) >= 11 is 6.25. The monoisotopic (exact) mass is 357 g/mol.